The average molecular weight is 589 g/mol. The second-order valence-electron chi connectivity index (χ2n) is 12.1. The van der Waals surface area contributed by atoms with Crippen molar-refractivity contribution in [1.29, 1.82) is 0 Å². The van der Waals surface area contributed by atoms with Crippen LogP contribution in [0.5, 0.6) is 17.2 Å². The standard InChI is InChI=1S/C34H40N2O7/c1-34(2,3)32(23-8-6-5-7-9-23)35-29(37)20-36-19-26(24-12-15-27-28(18-24)43-21-42-27)30(33(38)39)31(36)22-10-13-25(14-11-22)41-17-16-40-4/h5-15,18,26,30-32H,16-17,19-21H2,1-4H3,(H,35,37)(H,38,39)/t26-,30-,31+,32?/m1/s1. The number of carboxylic acid groups (broad SMARTS) is 1. The lowest BCUT2D eigenvalue weighted by Gasteiger charge is -2.33. The summed E-state index contributed by atoms with van der Waals surface area (Å²) in [5, 5.41) is 13.8. The first kappa shape index (κ1) is 30.4. The molecule has 2 heterocycles. The molecular formula is C34H40N2O7. The zero-order valence-corrected chi connectivity index (χ0v) is 25.1. The van der Waals surface area contributed by atoms with Crippen LogP contribution in [0.25, 0.3) is 0 Å². The minimum Gasteiger partial charge on any atom is -0.491 e. The molecule has 0 aliphatic carbocycles. The van der Waals surface area contributed by atoms with Gasteiger partial charge in [0.1, 0.15) is 12.4 Å². The topological polar surface area (TPSA) is 107 Å². The number of methoxy groups -OCH3 is 1. The third kappa shape index (κ3) is 6.95. The molecule has 0 radical (unpaired) electrons. The number of carboxylic acids is 1. The largest absolute Gasteiger partial charge is 0.491 e. The molecule has 4 atom stereocenters. The van der Waals surface area contributed by atoms with Crippen molar-refractivity contribution in [3.8, 4) is 17.2 Å². The van der Waals surface area contributed by atoms with Crippen LogP contribution in [0.1, 0.15) is 55.5 Å². The van der Waals surface area contributed by atoms with Crippen molar-refractivity contribution in [3.05, 3.63) is 89.5 Å². The van der Waals surface area contributed by atoms with E-state index in [-0.39, 0.29) is 36.6 Å². The number of fused-ring (bicyclic) bond motifs is 1. The molecule has 2 aliphatic rings. The number of amides is 1. The Labute approximate surface area is 252 Å². The van der Waals surface area contributed by atoms with E-state index in [1.165, 1.54) is 0 Å². The second kappa shape index (κ2) is 13.1. The Bertz CT molecular complexity index is 1400. The summed E-state index contributed by atoms with van der Waals surface area (Å²) >= 11 is 0. The van der Waals surface area contributed by atoms with Crippen LogP contribution in [0.2, 0.25) is 0 Å². The van der Waals surface area contributed by atoms with Crippen LogP contribution in [0.3, 0.4) is 0 Å². The lowest BCUT2D eigenvalue weighted by molar-refractivity contribution is -0.143. The molecule has 43 heavy (non-hydrogen) atoms. The summed E-state index contributed by atoms with van der Waals surface area (Å²) in [5.41, 5.74) is 2.42. The highest BCUT2D eigenvalue weighted by atomic mass is 16.7. The van der Waals surface area contributed by atoms with Crippen LogP contribution in [-0.2, 0) is 14.3 Å². The highest BCUT2D eigenvalue weighted by Crippen LogP contribution is 2.48. The molecule has 1 fully saturated rings. The van der Waals surface area contributed by atoms with Crippen LogP contribution >= 0.6 is 0 Å². The molecule has 9 heteroatoms. The monoisotopic (exact) mass is 588 g/mol. The summed E-state index contributed by atoms with van der Waals surface area (Å²) in [6.07, 6.45) is 0. The molecule has 0 spiro atoms. The highest BCUT2D eigenvalue weighted by Gasteiger charge is 2.48. The lowest BCUT2D eigenvalue weighted by atomic mass is 9.82. The number of benzene rings is 3. The summed E-state index contributed by atoms with van der Waals surface area (Å²) in [5.74, 6) is -0.367. The number of likely N-dealkylation sites (tertiary alicyclic amines) is 1. The molecule has 1 saturated heterocycles. The Morgan fingerprint density at radius 3 is 2.35 bits per heavy atom. The minimum atomic E-state index is -0.923. The maximum absolute atomic E-state index is 13.7. The summed E-state index contributed by atoms with van der Waals surface area (Å²) in [7, 11) is 1.61. The Kier molecular flexibility index (Phi) is 9.22. The van der Waals surface area contributed by atoms with E-state index in [0.29, 0.717) is 37.0 Å². The van der Waals surface area contributed by atoms with Gasteiger partial charge < -0.3 is 29.4 Å². The van der Waals surface area contributed by atoms with Gasteiger partial charge >= 0.3 is 5.97 Å². The van der Waals surface area contributed by atoms with Crippen LogP contribution in [0.4, 0.5) is 0 Å². The van der Waals surface area contributed by atoms with Crippen molar-refractivity contribution in [2.75, 3.05) is 40.2 Å². The van der Waals surface area contributed by atoms with Gasteiger partial charge in [0.2, 0.25) is 12.7 Å². The van der Waals surface area contributed by atoms with Gasteiger partial charge in [-0.25, -0.2) is 0 Å². The smallest absolute Gasteiger partial charge is 0.309 e. The van der Waals surface area contributed by atoms with Gasteiger partial charge in [-0.2, -0.15) is 0 Å². The quantitative estimate of drug-likeness (QED) is 0.295. The molecule has 1 unspecified atom stereocenters. The molecule has 3 aromatic rings. The van der Waals surface area contributed by atoms with Gasteiger partial charge in [0, 0.05) is 25.6 Å². The molecule has 228 valence electrons. The van der Waals surface area contributed by atoms with E-state index in [0.717, 1.165) is 16.7 Å². The summed E-state index contributed by atoms with van der Waals surface area (Å²) < 4.78 is 21.9. The third-order valence-corrected chi connectivity index (χ3v) is 8.14. The van der Waals surface area contributed by atoms with Gasteiger partial charge in [-0.05, 0) is 46.4 Å². The summed E-state index contributed by atoms with van der Waals surface area (Å²) in [6, 6.07) is 22.2. The van der Waals surface area contributed by atoms with Crippen molar-refractivity contribution in [2.45, 2.75) is 38.8 Å². The van der Waals surface area contributed by atoms with Crippen molar-refractivity contribution >= 4 is 11.9 Å². The van der Waals surface area contributed by atoms with Crippen LogP contribution in [-0.4, -0.2) is 62.1 Å². The number of carbonyl (C=O) groups is 2. The van der Waals surface area contributed by atoms with Crippen molar-refractivity contribution < 1.29 is 33.6 Å². The number of rotatable bonds is 11. The number of nitrogens with one attached hydrogen (secondary N) is 1. The SMILES string of the molecule is COCCOc1ccc([C@H]2[C@H](C(=O)O)[C@@H](c3ccc4c(c3)OCO4)CN2CC(=O)NC(c2ccccc2)C(C)(C)C)cc1. The molecule has 0 aromatic heterocycles. The molecule has 0 bridgehead atoms. The van der Waals surface area contributed by atoms with E-state index < -0.39 is 17.9 Å². The van der Waals surface area contributed by atoms with E-state index in [9.17, 15) is 14.7 Å². The molecule has 5 rings (SSSR count). The third-order valence-electron chi connectivity index (χ3n) is 8.14. The van der Waals surface area contributed by atoms with Gasteiger partial charge in [-0.1, -0.05) is 69.3 Å². The number of hydrogen-bond acceptors (Lipinski definition) is 7. The Morgan fingerprint density at radius 2 is 1.67 bits per heavy atom. The molecule has 0 saturated carbocycles. The maximum atomic E-state index is 13.7. The highest BCUT2D eigenvalue weighted by molar-refractivity contribution is 5.79. The first-order valence-electron chi connectivity index (χ1n) is 14.6. The van der Waals surface area contributed by atoms with E-state index in [2.05, 4.69) is 26.1 Å². The van der Waals surface area contributed by atoms with E-state index in [1.807, 2.05) is 77.7 Å². The minimum absolute atomic E-state index is 0.0427. The number of carbonyl (C=O) groups excluding carboxylic acids is 1. The van der Waals surface area contributed by atoms with Crippen molar-refractivity contribution in [2.24, 2.45) is 11.3 Å². The lowest BCUT2D eigenvalue weighted by Crippen LogP contribution is -2.43. The first-order chi connectivity index (χ1) is 20.7. The van der Waals surface area contributed by atoms with Gasteiger partial charge in [0.15, 0.2) is 11.5 Å². The molecule has 3 aromatic carbocycles. The summed E-state index contributed by atoms with van der Waals surface area (Å²) in [6.45, 7) is 7.71. The predicted octanol–water partition coefficient (Wildman–Crippen LogP) is 5.19. The van der Waals surface area contributed by atoms with Crippen molar-refractivity contribution in [3.63, 3.8) is 0 Å². The molecule has 9 nitrogen and oxygen atoms in total. The molecular weight excluding hydrogens is 548 g/mol. The van der Waals surface area contributed by atoms with Gasteiger partial charge in [-0.3, -0.25) is 14.5 Å². The number of ether oxygens (including phenoxy) is 4. The predicted molar refractivity (Wildman–Crippen MR) is 161 cm³/mol. The van der Waals surface area contributed by atoms with Gasteiger partial charge in [0.05, 0.1) is 25.1 Å². The number of aliphatic carboxylic acids is 1. The fourth-order valence-electron chi connectivity index (χ4n) is 6.11. The van der Waals surface area contributed by atoms with Gasteiger partial charge in [0.25, 0.3) is 0 Å². The van der Waals surface area contributed by atoms with Crippen LogP contribution < -0.4 is 19.5 Å². The van der Waals surface area contributed by atoms with Crippen LogP contribution in [0.15, 0.2) is 72.8 Å². The number of hydrogen-bond donors (Lipinski definition) is 2. The zero-order valence-electron chi connectivity index (χ0n) is 25.1. The Balaban J connectivity index is 1.45. The van der Waals surface area contributed by atoms with Crippen molar-refractivity contribution in [1.82, 2.24) is 10.2 Å². The number of nitrogens with zero attached hydrogens (tertiary/aromatic N) is 1. The van der Waals surface area contributed by atoms with E-state index in [4.69, 9.17) is 18.9 Å². The Hall–Kier alpha value is -4.08. The molecule has 1 amide bonds. The maximum Gasteiger partial charge on any atom is 0.309 e. The van der Waals surface area contributed by atoms with Gasteiger partial charge in [-0.15, -0.1) is 0 Å². The normalized spacial score (nSPS) is 20.5. The molecule has 2 aliphatic heterocycles. The van der Waals surface area contributed by atoms with Crippen LogP contribution in [0, 0.1) is 11.3 Å². The fourth-order valence-corrected chi connectivity index (χ4v) is 6.11. The average Bonchev–Trinajstić information content (AvgIpc) is 3.61. The van der Waals surface area contributed by atoms with E-state index >= 15 is 0 Å². The zero-order chi connectivity index (χ0) is 30.6. The Morgan fingerprint density at radius 1 is 0.977 bits per heavy atom. The second-order valence-corrected chi connectivity index (χ2v) is 12.1. The summed E-state index contributed by atoms with van der Waals surface area (Å²) in [4.78, 5) is 28.6. The molecule has 2 N–H and O–H groups in total. The fraction of sp³-hybridized carbons (Fsp3) is 0.412. The first-order valence-corrected chi connectivity index (χ1v) is 14.6. The van der Waals surface area contributed by atoms with E-state index in [1.54, 1.807) is 7.11 Å².